The van der Waals surface area contributed by atoms with Crippen LogP contribution < -0.4 is 0 Å². The van der Waals surface area contributed by atoms with E-state index in [2.05, 4.69) is 26.9 Å². The summed E-state index contributed by atoms with van der Waals surface area (Å²) in [7, 11) is 0. The molecule has 2 rings (SSSR count). The number of nitrogens with zero attached hydrogens (tertiary/aromatic N) is 2. The zero-order chi connectivity index (χ0) is 11.5. The summed E-state index contributed by atoms with van der Waals surface area (Å²) in [6.07, 6.45) is 2.35. The van der Waals surface area contributed by atoms with Gasteiger partial charge in [0, 0.05) is 15.1 Å². The fourth-order valence-corrected chi connectivity index (χ4v) is 2.85. The predicted octanol–water partition coefficient (Wildman–Crippen LogP) is 3.76. The molecular formula is C12H12BrClN2. The van der Waals surface area contributed by atoms with Crippen LogP contribution in [0.25, 0.3) is 0 Å². The first-order valence-corrected chi connectivity index (χ1v) is 6.48. The normalized spacial score (nSPS) is 18.3. The molecule has 1 saturated heterocycles. The largest absolute Gasteiger partial charge is 0.284 e. The number of rotatable bonds is 2. The van der Waals surface area contributed by atoms with Crippen LogP contribution in [-0.2, 0) is 0 Å². The maximum Gasteiger partial charge on any atom is 0.125 e. The summed E-state index contributed by atoms with van der Waals surface area (Å²) in [4.78, 5) is 2.19. The SMILES string of the molecule is N#CC(c1ccc(Br)cc1Cl)N1CCCC1. The van der Waals surface area contributed by atoms with Gasteiger partial charge in [-0.15, -0.1) is 0 Å². The number of likely N-dealkylation sites (tertiary alicyclic amines) is 1. The molecule has 1 atom stereocenters. The van der Waals surface area contributed by atoms with E-state index in [0.717, 1.165) is 23.1 Å². The van der Waals surface area contributed by atoms with Crippen LogP contribution in [0, 0.1) is 11.3 Å². The molecule has 1 unspecified atom stereocenters. The minimum atomic E-state index is -0.205. The number of halogens is 2. The second-order valence-corrected chi connectivity index (χ2v) is 5.26. The molecule has 1 heterocycles. The molecule has 1 aliphatic heterocycles. The van der Waals surface area contributed by atoms with Crippen molar-refractivity contribution in [2.24, 2.45) is 0 Å². The van der Waals surface area contributed by atoms with E-state index in [9.17, 15) is 5.26 Å². The lowest BCUT2D eigenvalue weighted by Crippen LogP contribution is -2.24. The molecule has 0 bridgehead atoms. The summed E-state index contributed by atoms with van der Waals surface area (Å²) in [5.74, 6) is 0. The summed E-state index contributed by atoms with van der Waals surface area (Å²) in [6.45, 7) is 1.98. The van der Waals surface area contributed by atoms with Crippen molar-refractivity contribution in [1.29, 1.82) is 5.26 Å². The third kappa shape index (κ3) is 2.40. The standard InChI is InChI=1S/C12H12BrClN2/c13-9-3-4-10(11(14)7-9)12(8-15)16-5-1-2-6-16/h3-4,7,12H,1-2,5-6H2. The molecule has 0 saturated carbocycles. The first-order valence-electron chi connectivity index (χ1n) is 5.31. The number of hydrogen-bond donors (Lipinski definition) is 0. The van der Waals surface area contributed by atoms with E-state index in [4.69, 9.17) is 11.6 Å². The summed E-state index contributed by atoms with van der Waals surface area (Å²) in [5, 5.41) is 9.93. The third-order valence-electron chi connectivity index (χ3n) is 2.89. The molecule has 1 aliphatic rings. The van der Waals surface area contributed by atoms with Crippen LogP contribution in [-0.4, -0.2) is 18.0 Å². The van der Waals surface area contributed by atoms with Gasteiger partial charge < -0.3 is 0 Å². The van der Waals surface area contributed by atoms with Crippen LogP contribution >= 0.6 is 27.5 Å². The summed E-state index contributed by atoms with van der Waals surface area (Å²) < 4.78 is 0.944. The Kier molecular flexibility index (Phi) is 3.86. The highest BCUT2D eigenvalue weighted by molar-refractivity contribution is 9.10. The van der Waals surface area contributed by atoms with Gasteiger partial charge in [0.2, 0.25) is 0 Å². The minimum Gasteiger partial charge on any atom is -0.284 e. The zero-order valence-corrected chi connectivity index (χ0v) is 11.1. The zero-order valence-electron chi connectivity index (χ0n) is 8.79. The lowest BCUT2D eigenvalue weighted by Gasteiger charge is -2.22. The highest BCUT2D eigenvalue weighted by Gasteiger charge is 2.24. The second kappa shape index (κ2) is 5.18. The van der Waals surface area contributed by atoms with E-state index < -0.39 is 0 Å². The average Bonchev–Trinajstić information content (AvgIpc) is 2.75. The van der Waals surface area contributed by atoms with E-state index in [-0.39, 0.29) is 6.04 Å². The van der Waals surface area contributed by atoms with Crippen LogP contribution in [0.15, 0.2) is 22.7 Å². The van der Waals surface area contributed by atoms with Crippen LogP contribution in [0.4, 0.5) is 0 Å². The Balaban J connectivity index is 2.30. The van der Waals surface area contributed by atoms with Crippen LogP contribution in [0.2, 0.25) is 5.02 Å². The highest BCUT2D eigenvalue weighted by Crippen LogP contribution is 2.31. The lowest BCUT2D eigenvalue weighted by molar-refractivity contribution is 0.294. The average molecular weight is 300 g/mol. The van der Waals surface area contributed by atoms with Crippen molar-refractivity contribution >= 4 is 27.5 Å². The predicted molar refractivity (Wildman–Crippen MR) is 68.3 cm³/mol. The van der Waals surface area contributed by atoms with E-state index in [1.807, 2.05) is 18.2 Å². The quantitative estimate of drug-likeness (QED) is 0.831. The van der Waals surface area contributed by atoms with Crippen LogP contribution in [0.1, 0.15) is 24.4 Å². The number of hydrogen-bond acceptors (Lipinski definition) is 2. The first kappa shape index (κ1) is 11.9. The Morgan fingerprint density at radius 1 is 1.38 bits per heavy atom. The fraction of sp³-hybridized carbons (Fsp3) is 0.417. The van der Waals surface area contributed by atoms with Gasteiger partial charge in [-0.05, 0) is 38.1 Å². The molecule has 2 nitrogen and oxygen atoms in total. The molecule has 0 N–H and O–H groups in total. The van der Waals surface area contributed by atoms with Gasteiger partial charge in [0.25, 0.3) is 0 Å². The van der Waals surface area contributed by atoms with Gasteiger partial charge >= 0.3 is 0 Å². The van der Waals surface area contributed by atoms with E-state index in [1.165, 1.54) is 12.8 Å². The number of nitriles is 1. The van der Waals surface area contributed by atoms with Crippen molar-refractivity contribution < 1.29 is 0 Å². The molecule has 1 aromatic carbocycles. The highest BCUT2D eigenvalue weighted by atomic mass is 79.9. The number of benzene rings is 1. The Bertz CT molecular complexity index is 422. The van der Waals surface area contributed by atoms with Gasteiger partial charge in [-0.1, -0.05) is 33.6 Å². The van der Waals surface area contributed by atoms with Gasteiger partial charge in [0.15, 0.2) is 0 Å². The maximum absolute atomic E-state index is 9.27. The van der Waals surface area contributed by atoms with Crippen molar-refractivity contribution in [2.75, 3.05) is 13.1 Å². The first-order chi connectivity index (χ1) is 7.72. The Hall–Kier alpha value is -0.560. The molecular weight excluding hydrogens is 288 g/mol. The molecule has 0 spiro atoms. The molecule has 16 heavy (non-hydrogen) atoms. The van der Waals surface area contributed by atoms with E-state index >= 15 is 0 Å². The molecule has 1 fully saturated rings. The monoisotopic (exact) mass is 298 g/mol. The third-order valence-corrected chi connectivity index (χ3v) is 3.71. The smallest absolute Gasteiger partial charge is 0.125 e. The topological polar surface area (TPSA) is 27.0 Å². The van der Waals surface area contributed by atoms with Gasteiger partial charge in [0.05, 0.1) is 6.07 Å². The molecule has 1 aromatic rings. The fourth-order valence-electron chi connectivity index (χ4n) is 2.07. The van der Waals surface area contributed by atoms with Crippen molar-refractivity contribution in [1.82, 2.24) is 4.90 Å². The van der Waals surface area contributed by atoms with Gasteiger partial charge in [-0.2, -0.15) is 5.26 Å². The Labute approximate surface area is 109 Å². The Morgan fingerprint density at radius 3 is 2.62 bits per heavy atom. The van der Waals surface area contributed by atoms with Crippen LogP contribution in [0.5, 0.6) is 0 Å². The van der Waals surface area contributed by atoms with Gasteiger partial charge in [-0.25, -0.2) is 0 Å². The Morgan fingerprint density at radius 2 is 2.06 bits per heavy atom. The lowest BCUT2D eigenvalue weighted by atomic mass is 10.1. The van der Waals surface area contributed by atoms with Crippen molar-refractivity contribution in [3.05, 3.63) is 33.3 Å². The van der Waals surface area contributed by atoms with Crippen molar-refractivity contribution in [2.45, 2.75) is 18.9 Å². The maximum atomic E-state index is 9.27. The molecule has 0 aromatic heterocycles. The van der Waals surface area contributed by atoms with Crippen molar-refractivity contribution in [3.8, 4) is 6.07 Å². The summed E-state index contributed by atoms with van der Waals surface area (Å²) >= 11 is 9.54. The van der Waals surface area contributed by atoms with E-state index in [1.54, 1.807) is 0 Å². The molecule has 0 radical (unpaired) electrons. The molecule has 0 amide bonds. The van der Waals surface area contributed by atoms with E-state index in [0.29, 0.717) is 5.02 Å². The van der Waals surface area contributed by atoms with Gasteiger partial charge in [-0.3, -0.25) is 4.90 Å². The summed E-state index contributed by atoms with van der Waals surface area (Å²) in [6, 6.07) is 7.85. The molecule has 0 aliphatic carbocycles. The van der Waals surface area contributed by atoms with Gasteiger partial charge in [0.1, 0.15) is 6.04 Å². The molecule has 84 valence electrons. The second-order valence-electron chi connectivity index (χ2n) is 3.94. The van der Waals surface area contributed by atoms with Crippen molar-refractivity contribution in [3.63, 3.8) is 0 Å². The minimum absolute atomic E-state index is 0.205. The van der Waals surface area contributed by atoms with Crippen LogP contribution in [0.3, 0.4) is 0 Å². The molecule has 4 heteroatoms. The summed E-state index contributed by atoms with van der Waals surface area (Å²) in [5.41, 5.74) is 0.911.